The van der Waals surface area contributed by atoms with Gasteiger partial charge in [-0.05, 0) is 12.5 Å². The second-order valence-electron chi connectivity index (χ2n) is 1.49. The molecular formula is C7H11O2. The van der Waals surface area contributed by atoms with Crippen LogP contribution in [0, 0.1) is 6.92 Å². The normalized spacial score (nSPS) is 6.78. The molecule has 51 valence electrons. The first-order valence-corrected chi connectivity index (χ1v) is 2.26. The van der Waals surface area contributed by atoms with Crippen LogP contribution in [0.3, 0.4) is 0 Å². The van der Waals surface area contributed by atoms with Gasteiger partial charge in [-0.2, -0.15) is 0 Å². The van der Waals surface area contributed by atoms with E-state index in [4.69, 9.17) is 0 Å². The summed E-state index contributed by atoms with van der Waals surface area (Å²) in [7, 11) is 0. The molecule has 2 nitrogen and oxygen atoms in total. The Labute approximate surface area is 54.8 Å². The summed E-state index contributed by atoms with van der Waals surface area (Å²) in [6.07, 6.45) is 0. The van der Waals surface area contributed by atoms with Crippen molar-refractivity contribution in [3.05, 3.63) is 42.8 Å². The minimum atomic E-state index is 0. The first-order chi connectivity index (χ1) is 3.39. The quantitative estimate of drug-likeness (QED) is 0.478. The summed E-state index contributed by atoms with van der Waals surface area (Å²) >= 11 is 0. The van der Waals surface area contributed by atoms with E-state index >= 15 is 0 Å². The van der Waals surface area contributed by atoms with Crippen LogP contribution < -0.4 is 0 Å². The SMILES string of the molecule is O.O.[CH2]c1ccccc1. The van der Waals surface area contributed by atoms with Gasteiger partial charge in [0.15, 0.2) is 0 Å². The molecule has 0 aliphatic rings. The van der Waals surface area contributed by atoms with Crippen LogP contribution in [-0.4, -0.2) is 11.0 Å². The Bertz CT molecular complexity index is 137. The molecule has 9 heavy (non-hydrogen) atoms. The van der Waals surface area contributed by atoms with E-state index in [0.717, 1.165) is 5.56 Å². The van der Waals surface area contributed by atoms with E-state index in [1.807, 2.05) is 30.3 Å². The van der Waals surface area contributed by atoms with Crippen molar-refractivity contribution in [2.75, 3.05) is 0 Å². The highest BCUT2D eigenvalue weighted by Gasteiger charge is 1.72. The largest absolute Gasteiger partial charge is 0.412 e. The molecule has 0 atom stereocenters. The van der Waals surface area contributed by atoms with Gasteiger partial charge >= 0.3 is 0 Å². The number of hydrogen-bond donors (Lipinski definition) is 0. The highest BCUT2D eigenvalue weighted by atomic mass is 16.0. The van der Waals surface area contributed by atoms with Gasteiger partial charge in [-0.25, -0.2) is 0 Å². The molecule has 0 amide bonds. The molecule has 0 aliphatic carbocycles. The molecule has 2 heteroatoms. The van der Waals surface area contributed by atoms with Crippen molar-refractivity contribution in [1.82, 2.24) is 0 Å². The third-order valence-corrected chi connectivity index (χ3v) is 0.843. The lowest BCUT2D eigenvalue weighted by Crippen LogP contribution is -1.62. The van der Waals surface area contributed by atoms with E-state index in [1.165, 1.54) is 0 Å². The van der Waals surface area contributed by atoms with Gasteiger partial charge in [0.05, 0.1) is 0 Å². The van der Waals surface area contributed by atoms with Crippen LogP contribution in [0.25, 0.3) is 0 Å². The Balaban J connectivity index is 0. The van der Waals surface area contributed by atoms with E-state index in [9.17, 15) is 0 Å². The van der Waals surface area contributed by atoms with Crippen LogP contribution in [0.15, 0.2) is 30.3 Å². The summed E-state index contributed by atoms with van der Waals surface area (Å²) in [5, 5.41) is 0. The van der Waals surface area contributed by atoms with Gasteiger partial charge < -0.3 is 11.0 Å². The second-order valence-corrected chi connectivity index (χ2v) is 1.49. The molecule has 0 aromatic heterocycles. The van der Waals surface area contributed by atoms with Crippen LogP contribution >= 0.6 is 0 Å². The predicted octanol–water partition coefficient (Wildman–Crippen LogP) is 0.219. The van der Waals surface area contributed by atoms with Gasteiger partial charge in [0, 0.05) is 0 Å². The third kappa shape index (κ3) is 3.70. The first-order valence-electron chi connectivity index (χ1n) is 2.26. The second kappa shape index (κ2) is 5.28. The fourth-order valence-corrected chi connectivity index (χ4v) is 0.478. The van der Waals surface area contributed by atoms with E-state index in [2.05, 4.69) is 6.92 Å². The standard InChI is InChI=1S/C7H7.2H2O/c1-7-5-3-2-4-6-7;;/h2-6H,1H2;2*1H2. The highest BCUT2D eigenvalue weighted by Crippen LogP contribution is 1.92. The van der Waals surface area contributed by atoms with Gasteiger partial charge in [-0.1, -0.05) is 30.3 Å². The van der Waals surface area contributed by atoms with Crippen molar-refractivity contribution in [3.63, 3.8) is 0 Å². The van der Waals surface area contributed by atoms with Gasteiger partial charge in [0.1, 0.15) is 0 Å². The molecule has 0 fully saturated rings. The minimum absolute atomic E-state index is 0. The molecule has 4 N–H and O–H groups in total. The Morgan fingerprint density at radius 2 is 1.33 bits per heavy atom. The number of hydrogen-bond acceptors (Lipinski definition) is 0. The van der Waals surface area contributed by atoms with Crippen molar-refractivity contribution in [3.8, 4) is 0 Å². The highest BCUT2D eigenvalue weighted by molar-refractivity contribution is 5.16. The zero-order valence-electron chi connectivity index (χ0n) is 5.09. The van der Waals surface area contributed by atoms with Crippen molar-refractivity contribution in [2.45, 2.75) is 0 Å². The lowest BCUT2D eigenvalue weighted by Gasteiger charge is -1.82. The van der Waals surface area contributed by atoms with Crippen LogP contribution in [0.4, 0.5) is 0 Å². The molecule has 0 heterocycles. The zero-order valence-corrected chi connectivity index (χ0v) is 5.09. The molecule has 1 aromatic rings. The topological polar surface area (TPSA) is 63.0 Å². The average molecular weight is 127 g/mol. The summed E-state index contributed by atoms with van der Waals surface area (Å²) in [5.74, 6) is 0. The van der Waals surface area contributed by atoms with Crippen molar-refractivity contribution < 1.29 is 11.0 Å². The third-order valence-electron chi connectivity index (χ3n) is 0.843. The molecule has 0 spiro atoms. The summed E-state index contributed by atoms with van der Waals surface area (Å²) < 4.78 is 0. The summed E-state index contributed by atoms with van der Waals surface area (Å²) in [6.45, 7) is 3.72. The summed E-state index contributed by atoms with van der Waals surface area (Å²) in [6, 6.07) is 9.87. The van der Waals surface area contributed by atoms with Gasteiger partial charge in [-0.3, -0.25) is 0 Å². The van der Waals surface area contributed by atoms with Crippen LogP contribution in [0.5, 0.6) is 0 Å². The van der Waals surface area contributed by atoms with Gasteiger partial charge in [-0.15, -0.1) is 0 Å². The summed E-state index contributed by atoms with van der Waals surface area (Å²) in [4.78, 5) is 0. The average Bonchev–Trinajstić information content (AvgIpc) is 1.69. The lowest BCUT2D eigenvalue weighted by atomic mass is 10.2. The zero-order chi connectivity index (χ0) is 5.11. The maximum absolute atomic E-state index is 3.72. The van der Waals surface area contributed by atoms with E-state index < -0.39 is 0 Å². The molecule has 1 aromatic carbocycles. The molecule has 0 saturated carbocycles. The molecular weight excluding hydrogens is 116 g/mol. The molecule has 0 aliphatic heterocycles. The fourth-order valence-electron chi connectivity index (χ4n) is 0.478. The Morgan fingerprint density at radius 3 is 1.56 bits per heavy atom. The maximum Gasteiger partial charge on any atom is -0.0238 e. The monoisotopic (exact) mass is 127 g/mol. The lowest BCUT2D eigenvalue weighted by molar-refractivity contribution is 0.823. The smallest absolute Gasteiger partial charge is 0.0238 e. The van der Waals surface area contributed by atoms with Gasteiger partial charge in [0.2, 0.25) is 0 Å². The van der Waals surface area contributed by atoms with Gasteiger partial charge in [0.25, 0.3) is 0 Å². The number of rotatable bonds is 0. The van der Waals surface area contributed by atoms with Crippen molar-refractivity contribution >= 4 is 0 Å². The Kier molecular flexibility index (Phi) is 6.46. The van der Waals surface area contributed by atoms with Crippen LogP contribution in [0.2, 0.25) is 0 Å². The predicted molar refractivity (Wildman–Crippen MR) is 38.1 cm³/mol. The van der Waals surface area contributed by atoms with Crippen LogP contribution in [0.1, 0.15) is 5.56 Å². The molecule has 0 unspecified atom stereocenters. The van der Waals surface area contributed by atoms with Crippen molar-refractivity contribution in [1.29, 1.82) is 0 Å². The van der Waals surface area contributed by atoms with E-state index in [0.29, 0.717) is 0 Å². The maximum atomic E-state index is 3.72. The molecule has 0 bridgehead atoms. The first kappa shape index (κ1) is 11.0. The fraction of sp³-hybridized carbons (Fsp3) is 0. The molecule has 0 saturated heterocycles. The molecule has 1 rings (SSSR count). The number of benzene rings is 1. The van der Waals surface area contributed by atoms with Crippen LogP contribution in [-0.2, 0) is 0 Å². The molecule has 1 radical (unpaired) electrons. The van der Waals surface area contributed by atoms with E-state index in [-0.39, 0.29) is 11.0 Å². The van der Waals surface area contributed by atoms with E-state index in [1.54, 1.807) is 0 Å². The Morgan fingerprint density at radius 1 is 0.889 bits per heavy atom. The van der Waals surface area contributed by atoms with Crippen molar-refractivity contribution in [2.24, 2.45) is 0 Å². The minimum Gasteiger partial charge on any atom is -0.412 e. The summed E-state index contributed by atoms with van der Waals surface area (Å²) in [5.41, 5.74) is 1.07. The Hall–Kier alpha value is -0.860.